The number of thioether (sulfide) groups is 1. The first-order valence-corrected chi connectivity index (χ1v) is 7.73. The molecule has 1 amide bonds. The van der Waals surface area contributed by atoms with E-state index in [0.29, 0.717) is 17.9 Å². The van der Waals surface area contributed by atoms with Gasteiger partial charge in [0.2, 0.25) is 5.91 Å². The van der Waals surface area contributed by atoms with Crippen molar-refractivity contribution in [2.24, 2.45) is 0 Å². The van der Waals surface area contributed by atoms with Crippen LogP contribution in [0.4, 0.5) is 5.82 Å². The van der Waals surface area contributed by atoms with Crippen molar-refractivity contribution in [3.05, 3.63) is 36.8 Å². The zero-order valence-electron chi connectivity index (χ0n) is 11.6. The molecule has 0 saturated carbocycles. The largest absolute Gasteiger partial charge is 0.467 e. The predicted molar refractivity (Wildman–Crippen MR) is 83.2 cm³/mol. The van der Waals surface area contributed by atoms with Crippen molar-refractivity contribution in [1.82, 2.24) is 25.3 Å². The molecule has 1 saturated heterocycles. The number of carbonyl (C=O) groups is 1. The van der Waals surface area contributed by atoms with E-state index < -0.39 is 0 Å². The molecule has 22 heavy (non-hydrogen) atoms. The molecule has 9 heteroatoms. The Kier molecular flexibility index (Phi) is 4.54. The number of nitrogens with zero attached hydrogens (tertiary/aromatic N) is 3. The zero-order chi connectivity index (χ0) is 15.2. The van der Waals surface area contributed by atoms with Gasteiger partial charge in [0.15, 0.2) is 11.5 Å². The fourth-order valence-electron chi connectivity index (χ4n) is 1.81. The summed E-state index contributed by atoms with van der Waals surface area (Å²) in [5, 5.41) is 5.80. The van der Waals surface area contributed by atoms with Crippen molar-refractivity contribution in [2.75, 3.05) is 16.9 Å². The summed E-state index contributed by atoms with van der Waals surface area (Å²) in [5.74, 6) is 3.20. The third kappa shape index (κ3) is 3.55. The van der Waals surface area contributed by atoms with Crippen LogP contribution in [0.15, 0.2) is 35.5 Å². The monoisotopic (exact) mass is 318 g/mol. The number of carbonyl (C=O) groups excluding carboxylic acids is 1. The van der Waals surface area contributed by atoms with Crippen molar-refractivity contribution in [3.63, 3.8) is 0 Å². The molecule has 3 aromatic rings. The summed E-state index contributed by atoms with van der Waals surface area (Å²) >= 11 is 1.62. The normalized spacial score (nSPS) is 13.5. The molecule has 4 heterocycles. The van der Waals surface area contributed by atoms with Crippen LogP contribution in [0.2, 0.25) is 0 Å². The van der Waals surface area contributed by atoms with E-state index >= 15 is 0 Å². The summed E-state index contributed by atoms with van der Waals surface area (Å²) < 4.78 is 5.22. The molecule has 0 aliphatic carbocycles. The number of fused-ring (bicyclic) bond motifs is 1. The number of aromatic nitrogens is 4. The molecule has 3 aromatic heterocycles. The summed E-state index contributed by atoms with van der Waals surface area (Å²) in [6.45, 7) is 0.581. The number of anilines is 1. The van der Waals surface area contributed by atoms with Gasteiger partial charge in [-0.05, 0) is 12.1 Å². The maximum atomic E-state index is 10.1. The number of H-pyrrole nitrogens is 1. The molecule has 1 aliphatic heterocycles. The first-order valence-electron chi connectivity index (χ1n) is 6.57. The topological polar surface area (TPSA) is 109 Å². The molecular formula is C13H14N6O2S. The minimum atomic E-state index is 0.167. The first-order chi connectivity index (χ1) is 10.8. The highest BCUT2D eigenvalue weighted by atomic mass is 32.2. The Morgan fingerprint density at radius 2 is 2.32 bits per heavy atom. The standard InChI is InChI=1S/C10H9N5O.C3H5NOS/c1-2-7(16-3-1)4-11-9-8-10(13-5-12-8)15-6-14-9;5-3-1-6-2-4-3/h1-3,5-6H,4H2,(H2,11,12,13,14,15);1-2H2,(H,4,5). The van der Waals surface area contributed by atoms with E-state index in [4.69, 9.17) is 4.42 Å². The average Bonchev–Trinajstić information content (AvgIpc) is 3.28. The Labute approximate surface area is 130 Å². The van der Waals surface area contributed by atoms with E-state index in [1.165, 1.54) is 6.33 Å². The molecule has 3 N–H and O–H groups in total. The first kappa shape index (κ1) is 14.4. The van der Waals surface area contributed by atoms with E-state index in [2.05, 4.69) is 30.6 Å². The van der Waals surface area contributed by atoms with Crippen LogP contribution >= 0.6 is 11.8 Å². The van der Waals surface area contributed by atoms with Gasteiger partial charge in [0.25, 0.3) is 0 Å². The number of nitrogens with one attached hydrogen (secondary N) is 3. The smallest absolute Gasteiger partial charge is 0.230 e. The number of aromatic amines is 1. The van der Waals surface area contributed by atoms with Crippen LogP contribution in [0.25, 0.3) is 11.2 Å². The second kappa shape index (κ2) is 6.94. The van der Waals surface area contributed by atoms with Crippen molar-refractivity contribution < 1.29 is 9.21 Å². The minimum absolute atomic E-state index is 0.167. The number of amides is 1. The summed E-state index contributed by atoms with van der Waals surface area (Å²) in [7, 11) is 0. The Morgan fingerprint density at radius 3 is 3.00 bits per heavy atom. The van der Waals surface area contributed by atoms with Gasteiger partial charge in [-0.2, -0.15) is 0 Å². The van der Waals surface area contributed by atoms with Crippen LogP contribution in [-0.2, 0) is 11.3 Å². The van der Waals surface area contributed by atoms with Crippen LogP contribution in [-0.4, -0.2) is 37.5 Å². The van der Waals surface area contributed by atoms with Gasteiger partial charge in [-0.1, -0.05) is 0 Å². The van der Waals surface area contributed by atoms with Crippen molar-refractivity contribution >= 4 is 34.7 Å². The molecule has 0 atom stereocenters. The Morgan fingerprint density at radius 1 is 1.36 bits per heavy atom. The van der Waals surface area contributed by atoms with Crippen LogP contribution in [0.3, 0.4) is 0 Å². The highest BCUT2D eigenvalue weighted by Gasteiger charge is 2.06. The van der Waals surface area contributed by atoms with E-state index in [1.807, 2.05) is 12.1 Å². The molecule has 0 unspecified atom stereocenters. The lowest BCUT2D eigenvalue weighted by atomic mass is 10.4. The quantitative estimate of drug-likeness (QED) is 0.669. The van der Waals surface area contributed by atoms with Crippen molar-refractivity contribution in [2.45, 2.75) is 6.54 Å². The van der Waals surface area contributed by atoms with Gasteiger partial charge < -0.3 is 20.0 Å². The van der Waals surface area contributed by atoms with Gasteiger partial charge in [-0.15, -0.1) is 11.8 Å². The molecule has 0 radical (unpaired) electrons. The molecule has 0 spiro atoms. The predicted octanol–water partition coefficient (Wildman–Crippen LogP) is 1.36. The van der Waals surface area contributed by atoms with Gasteiger partial charge in [0.1, 0.15) is 17.6 Å². The summed E-state index contributed by atoms with van der Waals surface area (Å²) in [4.78, 5) is 25.3. The fraction of sp³-hybridized carbons (Fsp3) is 0.231. The minimum Gasteiger partial charge on any atom is -0.467 e. The lowest BCUT2D eigenvalue weighted by Gasteiger charge is -2.03. The molecular weight excluding hydrogens is 304 g/mol. The maximum absolute atomic E-state index is 10.1. The highest BCUT2D eigenvalue weighted by Crippen LogP contribution is 2.15. The van der Waals surface area contributed by atoms with E-state index in [9.17, 15) is 4.79 Å². The lowest BCUT2D eigenvalue weighted by Crippen LogP contribution is -2.14. The number of hydrogen-bond donors (Lipinski definition) is 3. The second-order valence-corrected chi connectivity index (χ2v) is 5.33. The van der Waals surface area contributed by atoms with Crippen LogP contribution < -0.4 is 10.6 Å². The van der Waals surface area contributed by atoms with Crippen LogP contribution in [0.1, 0.15) is 5.76 Å². The number of rotatable bonds is 3. The number of furan rings is 1. The van der Waals surface area contributed by atoms with Gasteiger partial charge in [-0.25, -0.2) is 15.0 Å². The Balaban J connectivity index is 0.000000202. The third-order valence-corrected chi connectivity index (χ3v) is 3.65. The molecule has 1 aliphatic rings. The van der Waals surface area contributed by atoms with Crippen molar-refractivity contribution in [1.29, 1.82) is 0 Å². The van der Waals surface area contributed by atoms with Crippen LogP contribution in [0.5, 0.6) is 0 Å². The average molecular weight is 318 g/mol. The van der Waals surface area contributed by atoms with Crippen molar-refractivity contribution in [3.8, 4) is 0 Å². The number of hydrogen-bond acceptors (Lipinski definition) is 7. The van der Waals surface area contributed by atoms with Crippen LogP contribution in [0, 0.1) is 0 Å². The van der Waals surface area contributed by atoms with Gasteiger partial charge in [0.05, 0.1) is 30.8 Å². The maximum Gasteiger partial charge on any atom is 0.230 e. The Bertz CT molecular complexity index is 734. The zero-order valence-corrected chi connectivity index (χ0v) is 12.4. The molecule has 114 valence electrons. The molecule has 0 bridgehead atoms. The molecule has 0 aromatic carbocycles. The third-order valence-electron chi connectivity index (χ3n) is 2.84. The highest BCUT2D eigenvalue weighted by molar-refractivity contribution is 8.00. The van der Waals surface area contributed by atoms with E-state index in [1.54, 1.807) is 24.4 Å². The fourth-order valence-corrected chi connectivity index (χ4v) is 2.46. The summed E-state index contributed by atoms with van der Waals surface area (Å²) in [6.07, 6.45) is 4.72. The second-order valence-electron chi connectivity index (χ2n) is 4.35. The molecule has 8 nitrogen and oxygen atoms in total. The number of imidazole rings is 1. The van der Waals surface area contributed by atoms with Gasteiger partial charge in [0, 0.05) is 0 Å². The van der Waals surface area contributed by atoms with E-state index in [0.717, 1.165) is 23.0 Å². The molecule has 1 fully saturated rings. The van der Waals surface area contributed by atoms with Gasteiger partial charge in [-0.3, -0.25) is 4.79 Å². The Hall–Kier alpha value is -2.55. The van der Waals surface area contributed by atoms with Gasteiger partial charge >= 0.3 is 0 Å². The summed E-state index contributed by atoms with van der Waals surface area (Å²) in [6, 6.07) is 3.75. The summed E-state index contributed by atoms with van der Waals surface area (Å²) in [5.41, 5.74) is 1.45. The van der Waals surface area contributed by atoms with E-state index in [-0.39, 0.29) is 5.91 Å². The lowest BCUT2D eigenvalue weighted by molar-refractivity contribution is -0.117. The SMILES string of the molecule is O=C1CSCN1.c1coc(CNc2ncnc3nc[nH]c23)c1. The molecule has 4 rings (SSSR count).